The number of thioether (sulfide) groups is 1. The molecule has 1 aromatic carbocycles. The smallest absolute Gasteiger partial charge is 0.236 e. The zero-order valence-electron chi connectivity index (χ0n) is 8.48. The molecule has 1 aromatic rings. The molecule has 0 atom stereocenters. The van der Waals surface area contributed by atoms with Crippen molar-refractivity contribution in [1.29, 1.82) is 0 Å². The van der Waals surface area contributed by atoms with Gasteiger partial charge in [0.05, 0.1) is 12.0 Å². The predicted molar refractivity (Wildman–Crippen MR) is 82.5 cm³/mol. The Balaban J connectivity index is 2.13. The van der Waals surface area contributed by atoms with E-state index in [1.165, 1.54) is 11.8 Å². The SMILES string of the molecule is O=C1CSC(=NN=Cc2c(Br)cccc2I)N1. The van der Waals surface area contributed by atoms with E-state index in [2.05, 4.69) is 54.0 Å². The summed E-state index contributed by atoms with van der Waals surface area (Å²) >= 11 is 7.04. The van der Waals surface area contributed by atoms with Crippen LogP contribution in [-0.4, -0.2) is 23.0 Å². The fourth-order valence-corrected chi connectivity index (χ4v) is 3.26. The fourth-order valence-electron chi connectivity index (χ4n) is 1.15. The Morgan fingerprint density at radius 2 is 2.35 bits per heavy atom. The minimum atomic E-state index is -0.0283. The lowest BCUT2D eigenvalue weighted by Crippen LogP contribution is -2.19. The lowest BCUT2D eigenvalue weighted by atomic mass is 10.2. The van der Waals surface area contributed by atoms with Crippen molar-refractivity contribution >= 4 is 67.6 Å². The summed E-state index contributed by atoms with van der Waals surface area (Å²) in [4.78, 5) is 10.9. The van der Waals surface area contributed by atoms with E-state index < -0.39 is 0 Å². The van der Waals surface area contributed by atoms with Gasteiger partial charge >= 0.3 is 0 Å². The van der Waals surface area contributed by atoms with Crippen LogP contribution >= 0.6 is 50.3 Å². The number of benzene rings is 1. The maximum Gasteiger partial charge on any atom is 0.236 e. The lowest BCUT2D eigenvalue weighted by molar-refractivity contribution is -0.116. The average molecular weight is 424 g/mol. The molecule has 4 nitrogen and oxygen atoms in total. The molecule has 1 amide bonds. The van der Waals surface area contributed by atoms with Crippen LogP contribution in [0.15, 0.2) is 32.9 Å². The van der Waals surface area contributed by atoms with Crippen molar-refractivity contribution < 1.29 is 4.79 Å². The van der Waals surface area contributed by atoms with Gasteiger partial charge in [-0.25, -0.2) is 0 Å². The lowest BCUT2D eigenvalue weighted by Gasteiger charge is -1.99. The van der Waals surface area contributed by atoms with E-state index in [1.807, 2.05) is 18.2 Å². The van der Waals surface area contributed by atoms with Gasteiger partial charge in [-0.2, -0.15) is 5.10 Å². The molecule has 1 N–H and O–H groups in total. The van der Waals surface area contributed by atoms with Crippen molar-refractivity contribution in [3.8, 4) is 0 Å². The first-order valence-corrected chi connectivity index (χ1v) is 7.50. The molecule has 1 aliphatic heterocycles. The van der Waals surface area contributed by atoms with E-state index in [0.717, 1.165) is 13.6 Å². The number of nitrogens with one attached hydrogen (secondary N) is 1. The number of nitrogens with zero attached hydrogens (tertiary/aromatic N) is 2. The number of amidine groups is 1. The molecule has 88 valence electrons. The molecule has 2 rings (SSSR count). The van der Waals surface area contributed by atoms with Crippen LogP contribution in [0.3, 0.4) is 0 Å². The first-order chi connectivity index (χ1) is 8.16. The third-order valence-corrected chi connectivity index (χ3v) is 4.42. The van der Waals surface area contributed by atoms with E-state index in [0.29, 0.717) is 10.9 Å². The molecule has 0 bridgehead atoms. The molecule has 1 aliphatic rings. The molecule has 0 unspecified atom stereocenters. The molecule has 0 radical (unpaired) electrons. The molecule has 1 heterocycles. The van der Waals surface area contributed by atoms with E-state index >= 15 is 0 Å². The molecule has 1 fully saturated rings. The third-order valence-electron chi connectivity index (χ3n) is 1.92. The maximum absolute atomic E-state index is 10.9. The summed E-state index contributed by atoms with van der Waals surface area (Å²) in [6, 6.07) is 5.90. The van der Waals surface area contributed by atoms with Crippen LogP contribution in [0.1, 0.15) is 5.56 Å². The molecule has 7 heteroatoms. The van der Waals surface area contributed by atoms with Gasteiger partial charge in [-0.1, -0.05) is 33.8 Å². The highest BCUT2D eigenvalue weighted by Crippen LogP contribution is 2.20. The number of halogens is 2. The van der Waals surface area contributed by atoms with Gasteiger partial charge in [-0.3, -0.25) is 4.79 Å². The Morgan fingerprint density at radius 1 is 1.53 bits per heavy atom. The zero-order valence-corrected chi connectivity index (χ0v) is 13.0. The van der Waals surface area contributed by atoms with Gasteiger partial charge in [-0.05, 0) is 34.7 Å². The number of amides is 1. The highest BCUT2D eigenvalue weighted by molar-refractivity contribution is 14.1. The minimum absolute atomic E-state index is 0.0283. The van der Waals surface area contributed by atoms with Crippen molar-refractivity contribution in [2.45, 2.75) is 0 Å². The van der Waals surface area contributed by atoms with Crippen molar-refractivity contribution in [2.24, 2.45) is 10.2 Å². The highest BCUT2D eigenvalue weighted by atomic mass is 127. The normalized spacial score (nSPS) is 18.0. The molecule has 0 saturated carbocycles. The number of carbonyl (C=O) groups excluding carboxylic acids is 1. The summed E-state index contributed by atoms with van der Waals surface area (Å²) in [5.74, 6) is 0.389. The van der Waals surface area contributed by atoms with Crippen molar-refractivity contribution in [3.05, 3.63) is 31.8 Å². The quantitative estimate of drug-likeness (QED) is 0.451. The standard InChI is InChI=1S/C10H7BrIN3OS/c11-7-2-1-3-8(12)6(7)4-13-15-10-14-9(16)5-17-10/h1-4H,5H2,(H,14,15,16). The van der Waals surface area contributed by atoms with Crippen molar-refractivity contribution in [1.82, 2.24) is 5.32 Å². The summed E-state index contributed by atoms with van der Waals surface area (Å²) in [7, 11) is 0. The second kappa shape index (κ2) is 5.96. The second-order valence-corrected chi connectivity index (χ2v) is 6.10. The fraction of sp³-hybridized carbons (Fsp3) is 0.100. The number of carbonyl (C=O) groups is 1. The van der Waals surface area contributed by atoms with Gasteiger partial charge in [0, 0.05) is 13.6 Å². The van der Waals surface area contributed by atoms with Crippen molar-refractivity contribution in [2.75, 3.05) is 5.75 Å². The predicted octanol–water partition coefficient (Wildman–Crippen LogP) is 2.61. The zero-order chi connectivity index (χ0) is 12.3. The van der Waals surface area contributed by atoms with Crippen molar-refractivity contribution in [3.63, 3.8) is 0 Å². The van der Waals surface area contributed by atoms with Crippen LogP contribution in [0.25, 0.3) is 0 Å². The minimum Gasteiger partial charge on any atom is -0.303 e. The second-order valence-electron chi connectivity index (χ2n) is 3.12. The first kappa shape index (κ1) is 13.0. The van der Waals surface area contributed by atoms with Gasteiger partial charge in [-0.15, -0.1) is 5.10 Å². The first-order valence-electron chi connectivity index (χ1n) is 4.64. The van der Waals surface area contributed by atoms with E-state index in [9.17, 15) is 4.79 Å². The summed E-state index contributed by atoms with van der Waals surface area (Å²) < 4.78 is 2.06. The number of rotatable bonds is 2. The van der Waals surface area contributed by atoms with E-state index in [1.54, 1.807) is 6.21 Å². The summed E-state index contributed by atoms with van der Waals surface area (Å²) in [5, 5.41) is 11.1. The van der Waals surface area contributed by atoms with Crippen LogP contribution in [0.2, 0.25) is 0 Å². The molecule has 0 spiro atoms. The van der Waals surface area contributed by atoms with Gasteiger partial charge in [0.15, 0.2) is 5.17 Å². The van der Waals surface area contributed by atoms with Crippen LogP contribution < -0.4 is 5.32 Å². The topological polar surface area (TPSA) is 53.8 Å². The summed E-state index contributed by atoms with van der Waals surface area (Å²) in [6.07, 6.45) is 1.67. The number of hydrogen-bond acceptors (Lipinski definition) is 4. The molecular weight excluding hydrogens is 417 g/mol. The van der Waals surface area contributed by atoms with Crippen LogP contribution in [0, 0.1) is 3.57 Å². The number of hydrogen-bond donors (Lipinski definition) is 1. The average Bonchev–Trinajstić information content (AvgIpc) is 2.69. The summed E-state index contributed by atoms with van der Waals surface area (Å²) in [5.41, 5.74) is 0.978. The van der Waals surface area contributed by atoms with E-state index in [4.69, 9.17) is 0 Å². The monoisotopic (exact) mass is 423 g/mol. The van der Waals surface area contributed by atoms with Crippen LogP contribution in [-0.2, 0) is 4.79 Å². The molecule has 1 saturated heterocycles. The third kappa shape index (κ3) is 3.52. The van der Waals surface area contributed by atoms with Gasteiger partial charge in [0.2, 0.25) is 5.91 Å². The Kier molecular flexibility index (Phi) is 4.57. The highest BCUT2D eigenvalue weighted by Gasteiger charge is 2.15. The largest absolute Gasteiger partial charge is 0.303 e. The van der Waals surface area contributed by atoms with Gasteiger partial charge in [0.25, 0.3) is 0 Å². The van der Waals surface area contributed by atoms with Gasteiger partial charge in [0.1, 0.15) is 0 Å². The van der Waals surface area contributed by atoms with Crippen LogP contribution in [0.5, 0.6) is 0 Å². The summed E-state index contributed by atoms with van der Waals surface area (Å²) in [6.45, 7) is 0. The Morgan fingerprint density at radius 3 is 3.00 bits per heavy atom. The van der Waals surface area contributed by atoms with Gasteiger partial charge < -0.3 is 5.32 Å². The van der Waals surface area contributed by atoms with E-state index in [-0.39, 0.29) is 5.91 Å². The van der Waals surface area contributed by atoms with Crippen LogP contribution in [0.4, 0.5) is 0 Å². The molecular formula is C10H7BrIN3OS. The Bertz CT molecular complexity index is 498. The maximum atomic E-state index is 10.9. The Labute approximate surface area is 125 Å². The molecule has 0 aromatic heterocycles. The molecule has 17 heavy (non-hydrogen) atoms. The molecule has 0 aliphatic carbocycles. The Hall–Kier alpha value is -0.410.